The summed E-state index contributed by atoms with van der Waals surface area (Å²) in [6, 6.07) is 6.10. The third-order valence-corrected chi connectivity index (χ3v) is 3.41. The van der Waals surface area contributed by atoms with Crippen molar-refractivity contribution in [2.24, 2.45) is 5.18 Å². The molecule has 0 aromatic heterocycles. The Kier molecular flexibility index (Phi) is 2.36. The van der Waals surface area contributed by atoms with Gasteiger partial charge in [0.25, 0.3) is 0 Å². The molecule has 0 aliphatic carbocycles. The summed E-state index contributed by atoms with van der Waals surface area (Å²) >= 11 is 1.82. The maximum absolute atomic E-state index is 10.5. The fourth-order valence-corrected chi connectivity index (χ4v) is 2.79. The minimum atomic E-state index is -0.114. The molecule has 0 bridgehead atoms. The molecule has 68 valence electrons. The molecule has 1 heterocycles. The smallest absolute Gasteiger partial charge is 0.119 e. The summed E-state index contributed by atoms with van der Waals surface area (Å²) in [5, 5.41) is 3.16. The van der Waals surface area contributed by atoms with Crippen molar-refractivity contribution in [2.75, 3.05) is 5.75 Å². The number of rotatable bonds is 1. The average Bonchev–Trinajstić information content (AvgIpc) is 2.16. The van der Waals surface area contributed by atoms with Crippen LogP contribution in [0, 0.1) is 11.8 Å². The molecule has 2 nitrogen and oxygen atoms in total. The molecule has 1 aromatic rings. The standard InChI is InChI=1S/C10H11NOS/c1-7-2-3-8-9(11-12)4-5-13-10(8)6-7/h2-3,6,9H,4-5H2,1H3. The van der Waals surface area contributed by atoms with Crippen LogP contribution in [0.1, 0.15) is 23.6 Å². The number of fused-ring (bicyclic) bond motifs is 1. The monoisotopic (exact) mass is 193 g/mol. The molecular formula is C10H11NOS. The Morgan fingerprint density at radius 1 is 1.54 bits per heavy atom. The number of aryl methyl sites for hydroxylation is 1. The lowest BCUT2D eigenvalue weighted by molar-refractivity contribution is 0.677. The quantitative estimate of drug-likeness (QED) is 0.640. The third-order valence-electron chi connectivity index (χ3n) is 2.30. The van der Waals surface area contributed by atoms with Gasteiger partial charge >= 0.3 is 0 Å². The first-order chi connectivity index (χ1) is 6.31. The Hall–Kier alpha value is -0.830. The van der Waals surface area contributed by atoms with Gasteiger partial charge in [0.05, 0.1) is 0 Å². The maximum atomic E-state index is 10.5. The van der Waals surface area contributed by atoms with Crippen molar-refractivity contribution in [3.63, 3.8) is 0 Å². The van der Waals surface area contributed by atoms with Gasteiger partial charge in [0.2, 0.25) is 0 Å². The molecule has 0 saturated carbocycles. The number of thioether (sulfide) groups is 1. The van der Waals surface area contributed by atoms with Crippen molar-refractivity contribution in [1.82, 2.24) is 0 Å². The summed E-state index contributed by atoms with van der Waals surface area (Å²) in [6.07, 6.45) is 0.879. The van der Waals surface area contributed by atoms with Crippen LogP contribution in [0.3, 0.4) is 0 Å². The normalized spacial score (nSPS) is 20.8. The Labute approximate surface area is 81.7 Å². The summed E-state index contributed by atoms with van der Waals surface area (Å²) in [5.74, 6) is 1.01. The average molecular weight is 193 g/mol. The predicted molar refractivity (Wildman–Crippen MR) is 55.1 cm³/mol. The first kappa shape index (κ1) is 8.75. The van der Waals surface area contributed by atoms with E-state index in [2.05, 4.69) is 18.2 Å². The van der Waals surface area contributed by atoms with E-state index in [0.29, 0.717) is 0 Å². The van der Waals surface area contributed by atoms with Gasteiger partial charge in [-0.3, -0.25) is 0 Å². The zero-order chi connectivity index (χ0) is 9.26. The number of benzene rings is 1. The largest absolute Gasteiger partial charge is 0.150 e. The van der Waals surface area contributed by atoms with E-state index >= 15 is 0 Å². The zero-order valence-electron chi connectivity index (χ0n) is 7.49. The molecule has 1 aliphatic rings. The van der Waals surface area contributed by atoms with Gasteiger partial charge in [-0.2, -0.15) is 4.91 Å². The van der Waals surface area contributed by atoms with Crippen LogP contribution in [-0.2, 0) is 0 Å². The number of hydrogen-bond donors (Lipinski definition) is 0. The summed E-state index contributed by atoms with van der Waals surface area (Å²) in [4.78, 5) is 11.8. The maximum Gasteiger partial charge on any atom is 0.119 e. The van der Waals surface area contributed by atoms with E-state index in [0.717, 1.165) is 17.7 Å². The summed E-state index contributed by atoms with van der Waals surface area (Å²) in [5.41, 5.74) is 2.36. The van der Waals surface area contributed by atoms with Crippen LogP contribution >= 0.6 is 11.8 Å². The van der Waals surface area contributed by atoms with Crippen molar-refractivity contribution < 1.29 is 0 Å². The highest BCUT2D eigenvalue weighted by atomic mass is 32.2. The molecular weight excluding hydrogens is 182 g/mol. The molecule has 1 atom stereocenters. The molecule has 1 aromatic carbocycles. The van der Waals surface area contributed by atoms with Gasteiger partial charge in [0.15, 0.2) is 0 Å². The first-order valence-electron chi connectivity index (χ1n) is 4.37. The molecule has 3 heteroatoms. The lowest BCUT2D eigenvalue weighted by Crippen LogP contribution is -2.04. The molecule has 2 rings (SSSR count). The topological polar surface area (TPSA) is 29.4 Å². The van der Waals surface area contributed by atoms with Gasteiger partial charge in [-0.25, -0.2) is 0 Å². The van der Waals surface area contributed by atoms with E-state index in [1.165, 1.54) is 10.5 Å². The summed E-state index contributed by atoms with van der Waals surface area (Å²) in [6.45, 7) is 2.07. The van der Waals surface area contributed by atoms with Gasteiger partial charge in [0, 0.05) is 10.6 Å². The highest BCUT2D eigenvalue weighted by molar-refractivity contribution is 7.99. The number of hydrogen-bond acceptors (Lipinski definition) is 3. The molecule has 1 aliphatic heterocycles. The van der Waals surface area contributed by atoms with Crippen molar-refractivity contribution in [1.29, 1.82) is 0 Å². The van der Waals surface area contributed by atoms with Crippen molar-refractivity contribution >= 4 is 11.8 Å². The Balaban J connectivity index is 2.45. The van der Waals surface area contributed by atoms with E-state index < -0.39 is 0 Å². The molecule has 0 radical (unpaired) electrons. The fraction of sp³-hybridized carbons (Fsp3) is 0.400. The molecule has 0 amide bonds. The Morgan fingerprint density at radius 3 is 3.15 bits per heavy atom. The van der Waals surface area contributed by atoms with Crippen LogP contribution in [0.4, 0.5) is 0 Å². The van der Waals surface area contributed by atoms with E-state index in [-0.39, 0.29) is 6.04 Å². The SMILES string of the molecule is Cc1ccc2c(c1)SCCC2N=O. The molecule has 0 saturated heterocycles. The van der Waals surface area contributed by atoms with Crippen LogP contribution < -0.4 is 0 Å². The molecule has 0 N–H and O–H groups in total. The molecule has 0 fully saturated rings. The minimum Gasteiger partial charge on any atom is -0.150 e. The van der Waals surface area contributed by atoms with Crippen molar-refractivity contribution in [2.45, 2.75) is 24.3 Å². The zero-order valence-corrected chi connectivity index (χ0v) is 8.30. The van der Waals surface area contributed by atoms with Gasteiger partial charge in [0.1, 0.15) is 6.04 Å². The first-order valence-corrected chi connectivity index (χ1v) is 5.35. The van der Waals surface area contributed by atoms with Crippen molar-refractivity contribution in [3.8, 4) is 0 Å². The molecule has 13 heavy (non-hydrogen) atoms. The van der Waals surface area contributed by atoms with Gasteiger partial charge in [-0.1, -0.05) is 17.3 Å². The molecule has 0 spiro atoms. The second-order valence-electron chi connectivity index (χ2n) is 3.30. The second-order valence-corrected chi connectivity index (χ2v) is 4.44. The summed E-state index contributed by atoms with van der Waals surface area (Å²) in [7, 11) is 0. The fourth-order valence-electron chi connectivity index (χ4n) is 1.59. The lowest BCUT2D eigenvalue weighted by atomic mass is 10.0. The van der Waals surface area contributed by atoms with Crippen LogP contribution in [0.5, 0.6) is 0 Å². The van der Waals surface area contributed by atoms with Crippen LogP contribution in [-0.4, -0.2) is 5.75 Å². The van der Waals surface area contributed by atoms with Gasteiger partial charge in [-0.15, -0.1) is 11.8 Å². The second kappa shape index (κ2) is 3.50. The van der Waals surface area contributed by atoms with Crippen LogP contribution in [0.2, 0.25) is 0 Å². The third kappa shape index (κ3) is 1.61. The summed E-state index contributed by atoms with van der Waals surface area (Å²) < 4.78 is 0. The van der Waals surface area contributed by atoms with Crippen LogP contribution in [0.15, 0.2) is 28.3 Å². The van der Waals surface area contributed by atoms with E-state index in [1.54, 1.807) is 0 Å². The lowest BCUT2D eigenvalue weighted by Gasteiger charge is -2.19. The van der Waals surface area contributed by atoms with Gasteiger partial charge < -0.3 is 0 Å². The van der Waals surface area contributed by atoms with E-state index in [4.69, 9.17) is 0 Å². The molecule has 1 unspecified atom stereocenters. The van der Waals surface area contributed by atoms with Crippen LogP contribution in [0.25, 0.3) is 0 Å². The minimum absolute atomic E-state index is 0.114. The van der Waals surface area contributed by atoms with Crippen molar-refractivity contribution in [3.05, 3.63) is 34.2 Å². The van der Waals surface area contributed by atoms with E-state index in [1.807, 2.05) is 23.9 Å². The van der Waals surface area contributed by atoms with Gasteiger partial charge in [-0.05, 0) is 30.5 Å². The number of nitroso groups, excluding NO2 is 1. The Morgan fingerprint density at radius 2 is 2.38 bits per heavy atom. The number of nitrogens with zero attached hydrogens (tertiary/aromatic N) is 1. The highest BCUT2D eigenvalue weighted by Gasteiger charge is 2.20. The Bertz CT molecular complexity index is 338. The highest BCUT2D eigenvalue weighted by Crippen LogP contribution is 2.38. The predicted octanol–water partition coefficient (Wildman–Crippen LogP) is 3.30. The van der Waals surface area contributed by atoms with E-state index in [9.17, 15) is 4.91 Å².